The largest absolute Gasteiger partial charge is 0.478 e. The van der Waals surface area contributed by atoms with E-state index >= 15 is 0 Å². The molecule has 0 aliphatic heterocycles. The van der Waals surface area contributed by atoms with Crippen molar-refractivity contribution in [2.75, 3.05) is 0 Å². The van der Waals surface area contributed by atoms with Gasteiger partial charge in [-0.3, -0.25) is 4.79 Å². The Balaban J connectivity index is 2.11. The zero-order chi connectivity index (χ0) is 19.1. The number of amides is 1. The molecule has 4 aromatic rings. The molecule has 0 unspecified atom stereocenters. The number of carbonyl (C=O) groups excluding carboxylic acids is 1. The van der Waals surface area contributed by atoms with Crippen molar-refractivity contribution in [1.82, 2.24) is 4.57 Å². The molecule has 0 aliphatic rings. The molecule has 3 N–H and O–H groups in total. The lowest BCUT2D eigenvalue weighted by molar-refractivity contribution is 0.0697. The van der Waals surface area contributed by atoms with Gasteiger partial charge in [0.25, 0.3) is 0 Å². The molecular formula is C21H15BrN2O3. The normalized spacial score (nSPS) is 11.1. The van der Waals surface area contributed by atoms with Crippen LogP contribution < -0.4 is 5.73 Å². The standard InChI is InChI=1S/C21H15BrN2O3/c22-14-9-16(20(23)25)19-15-8-13(21(26)27)6-7-17(15)24(18(19)10-14)11-12-4-2-1-3-5-12/h1-10H,11H2,(H2,23,25)(H,26,27). The maximum absolute atomic E-state index is 12.1. The SMILES string of the molecule is NC(=O)c1cc(Br)cc2c1c1cc(C(=O)O)ccc1n2Cc1ccccc1. The Hall–Kier alpha value is -3.12. The van der Waals surface area contributed by atoms with Crippen LogP contribution in [0.5, 0.6) is 0 Å². The van der Waals surface area contributed by atoms with Gasteiger partial charge in [0, 0.05) is 27.3 Å². The number of fused-ring (bicyclic) bond motifs is 3. The number of carboxylic acid groups (broad SMARTS) is 1. The first-order chi connectivity index (χ1) is 13.0. The maximum Gasteiger partial charge on any atom is 0.335 e. The summed E-state index contributed by atoms with van der Waals surface area (Å²) in [5.74, 6) is -1.57. The minimum Gasteiger partial charge on any atom is -0.478 e. The summed E-state index contributed by atoms with van der Waals surface area (Å²) in [5.41, 5.74) is 8.90. The maximum atomic E-state index is 12.1. The summed E-state index contributed by atoms with van der Waals surface area (Å²) in [6.07, 6.45) is 0. The number of nitrogens with two attached hydrogens (primary N) is 1. The van der Waals surface area contributed by atoms with E-state index in [-0.39, 0.29) is 5.56 Å². The molecule has 5 nitrogen and oxygen atoms in total. The van der Waals surface area contributed by atoms with E-state index in [1.54, 1.807) is 24.3 Å². The molecule has 0 bridgehead atoms. The van der Waals surface area contributed by atoms with E-state index in [0.717, 1.165) is 21.1 Å². The van der Waals surface area contributed by atoms with Gasteiger partial charge in [0.05, 0.1) is 16.6 Å². The number of rotatable bonds is 4. The molecule has 0 atom stereocenters. The Morgan fingerprint density at radius 3 is 2.41 bits per heavy atom. The van der Waals surface area contributed by atoms with Gasteiger partial charge >= 0.3 is 5.97 Å². The summed E-state index contributed by atoms with van der Waals surface area (Å²) in [7, 11) is 0. The third-order valence-electron chi connectivity index (χ3n) is 4.63. The second kappa shape index (κ2) is 6.55. The lowest BCUT2D eigenvalue weighted by Gasteiger charge is -2.09. The van der Waals surface area contributed by atoms with E-state index in [1.165, 1.54) is 0 Å². The number of halogens is 1. The molecule has 1 heterocycles. The summed E-state index contributed by atoms with van der Waals surface area (Å²) in [6, 6.07) is 18.5. The average molecular weight is 423 g/mol. The van der Waals surface area contributed by atoms with Crippen molar-refractivity contribution in [1.29, 1.82) is 0 Å². The third-order valence-corrected chi connectivity index (χ3v) is 5.08. The fourth-order valence-electron chi connectivity index (χ4n) is 3.45. The van der Waals surface area contributed by atoms with Gasteiger partial charge in [-0.15, -0.1) is 0 Å². The monoisotopic (exact) mass is 422 g/mol. The quantitative estimate of drug-likeness (QED) is 0.510. The molecule has 0 radical (unpaired) electrons. The second-order valence-electron chi connectivity index (χ2n) is 6.32. The summed E-state index contributed by atoms with van der Waals surface area (Å²) >= 11 is 3.45. The Kier molecular flexibility index (Phi) is 4.20. The van der Waals surface area contributed by atoms with Gasteiger partial charge in [-0.2, -0.15) is 0 Å². The van der Waals surface area contributed by atoms with Crippen LogP contribution in [0, 0.1) is 0 Å². The van der Waals surface area contributed by atoms with Gasteiger partial charge in [0.1, 0.15) is 0 Å². The Morgan fingerprint density at radius 2 is 1.74 bits per heavy atom. The molecule has 0 fully saturated rings. The molecule has 3 aromatic carbocycles. The van der Waals surface area contributed by atoms with Gasteiger partial charge in [-0.25, -0.2) is 4.79 Å². The van der Waals surface area contributed by atoms with Gasteiger partial charge < -0.3 is 15.4 Å². The van der Waals surface area contributed by atoms with Crippen LogP contribution in [0.15, 0.2) is 65.1 Å². The van der Waals surface area contributed by atoms with Crippen LogP contribution in [0.3, 0.4) is 0 Å². The first kappa shape index (κ1) is 17.3. The van der Waals surface area contributed by atoms with Crippen molar-refractivity contribution < 1.29 is 14.7 Å². The van der Waals surface area contributed by atoms with Crippen LogP contribution in [0.1, 0.15) is 26.3 Å². The minimum atomic E-state index is -1.02. The van der Waals surface area contributed by atoms with E-state index in [1.807, 2.05) is 36.4 Å². The van der Waals surface area contributed by atoms with Crippen molar-refractivity contribution in [3.63, 3.8) is 0 Å². The molecule has 27 heavy (non-hydrogen) atoms. The van der Waals surface area contributed by atoms with Crippen molar-refractivity contribution in [2.45, 2.75) is 6.54 Å². The number of hydrogen-bond acceptors (Lipinski definition) is 2. The van der Waals surface area contributed by atoms with Crippen molar-refractivity contribution in [2.24, 2.45) is 5.73 Å². The van der Waals surface area contributed by atoms with Gasteiger partial charge in [0.15, 0.2) is 0 Å². The molecule has 4 rings (SSSR count). The highest BCUT2D eigenvalue weighted by molar-refractivity contribution is 9.10. The Bertz CT molecular complexity index is 1210. The minimum absolute atomic E-state index is 0.166. The zero-order valence-corrected chi connectivity index (χ0v) is 15.7. The Labute approximate surface area is 163 Å². The van der Waals surface area contributed by atoms with Crippen molar-refractivity contribution in [3.05, 3.63) is 81.8 Å². The summed E-state index contributed by atoms with van der Waals surface area (Å²) in [6.45, 7) is 0.585. The third kappa shape index (κ3) is 2.98. The summed E-state index contributed by atoms with van der Waals surface area (Å²) in [5, 5.41) is 10.7. The number of aromatic nitrogens is 1. The van der Waals surface area contributed by atoms with Crippen LogP contribution in [0.4, 0.5) is 0 Å². The van der Waals surface area contributed by atoms with Crippen LogP contribution in [0.25, 0.3) is 21.8 Å². The molecule has 1 aromatic heterocycles. The molecule has 0 spiro atoms. The van der Waals surface area contributed by atoms with Crippen LogP contribution in [-0.4, -0.2) is 21.6 Å². The summed E-state index contributed by atoms with van der Waals surface area (Å²) < 4.78 is 2.81. The first-order valence-corrected chi connectivity index (χ1v) is 9.07. The van der Waals surface area contributed by atoms with Crippen molar-refractivity contribution >= 4 is 49.6 Å². The number of carbonyl (C=O) groups is 2. The predicted molar refractivity (Wildman–Crippen MR) is 108 cm³/mol. The zero-order valence-electron chi connectivity index (χ0n) is 14.1. The molecular weight excluding hydrogens is 408 g/mol. The smallest absolute Gasteiger partial charge is 0.335 e. The highest BCUT2D eigenvalue weighted by Gasteiger charge is 2.19. The molecule has 0 saturated carbocycles. The van der Waals surface area contributed by atoms with Crippen LogP contribution in [0.2, 0.25) is 0 Å². The van der Waals surface area contributed by atoms with Crippen LogP contribution >= 0.6 is 15.9 Å². The molecule has 0 aliphatic carbocycles. The highest BCUT2D eigenvalue weighted by Crippen LogP contribution is 2.35. The number of hydrogen-bond donors (Lipinski definition) is 2. The second-order valence-corrected chi connectivity index (χ2v) is 7.24. The van der Waals surface area contributed by atoms with Gasteiger partial charge in [-0.05, 0) is 35.9 Å². The first-order valence-electron chi connectivity index (χ1n) is 8.28. The fraction of sp³-hybridized carbons (Fsp3) is 0.0476. The molecule has 0 saturated heterocycles. The van der Waals surface area contributed by atoms with E-state index in [9.17, 15) is 14.7 Å². The topological polar surface area (TPSA) is 85.3 Å². The van der Waals surface area contributed by atoms with E-state index < -0.39 is 11.9 Å². The molecule has 134 valence electrons. The van der Waals surface area contributed by atoms with Gasteiger partial charge in [0.2, 0.25) is 5.91 Å². The number of aromatic carboxylic acids is 1. The number of benzene rings is 3. The van der Waals surface area contributed by atoms with E-state index in [0.29, 0.717) is 22.9 Å². The summed E-state index contributed by atoms with van der Waals surface area (Å²) in [4.78, 5) is 23.5. The van der Waals surface area contributed by atoms with Crippen LogP contribution in [-0.2, 0) is 6.54 Å². The Morgan fingerprint density at radius 1 is 1.00 bits per heavy atom. The lowest BCUT2D eigenvalue weighted by atomic mass is 10.0. The van der Waals surface area contributed by atoms with Crippen molar-refractivity contribution in [3.8, 4) is 0 Å². The lowest BCUT2D eigenvalue weighted by Crippen LogP contribution is -2.11. The molecule has 6 heteroatoms. The van der Waals surface area contributed by atoms with Gasteiger partial charge in [-0.1, -0.05) is 46.3 Å². The number of primary amides is 1. The number of carboxylic acids is 1. The molecule has 1 amide bonds. The van der Waals surface area contributed by atoms with E-state index in [2.05, 4.69) is 20.5 Å². The van der Waals surface area contributed by atoms with E-state index in [4.69, 9.17) is 5.73 Å². The fourth-order valence-corrected chi connectivity index (χ4v) is 3.90. The highest BCUT2D eigenvalue weighted by atomic mass is 79.9. The number of nitrogens with zero attached hydrogens (tertiary/aromatic N) is 1. The predicted octanol–water partition coefficient (Wildman–Crippen LogP) is 4.40. The average Bonchev–Trinajstić information content (AvgIpc) is 2.94.